The standard InChI is InChI=1S/C14H17ClN4S/c1-10-7-17-13(20-10)9-19-14(16-2)18-8-11-3-5-12(15)6-4-11/h3-7H,8-9H2,1-2H3,(H2,16,18,19). The molecule has 6 heteroatoms. The summed E-state index contributed by atoms with van der Waals surface area (Å²) in [5.74, 6) is 0.757. The monoisotopic (exact) mass is 308 g/mol. The SMILES string of the molecule is CN=C(NCc1ccc(Cl)cc1)NCc1ncc(C)s1. The van der Waals surface area contributed by atoms with Gasteiger partial charge in [-0.25, -0.2) is 4.98 Å². The van der Waals surface area contributed by atoms with E-state index < -0.39 is 0 Å². The number of guanidine groups is 1. The molecule has 2 aromatic rings. The van der Waals surface area contributed by atoms with Crippen molar-refractivity contribution >= 4 is 28.9 Å². The molecule has 0 amide bonds. The Morgan fingerprint density at radius 1 is 1.25 bits per heavy atom. The van der Waals surface area contributed by atoms with E-state index in [1.807, 2.05) is 30.5 Å². The Labute approximate surface area is 127 Å². The molecule has 0 radical (unpaired) electrons. The second kappa shape index (κ2) is 7.26. The third kappa shape index (κ3) is 4.51. The Kier molecular flexibility index (Phi) is 5.38. The molecule has 0 bridgehead atoms. The highest BCUT2D eigenvalue weighted by Crippen LogP contribution is 2.10. The van der Waals surface area contributed by atoms with Gasteiger partial charge in [0.25, 0.3) is 0 Å². The number of nitrogens with zero attached hydrogens (tertiary/aromatic N) is 2. The molecule has 20 heavy (non-hydrogen) atoms. The zero-order chi connectivity index (χ0) is 14.4. The molecule has 106 valence electrons. The van der Waals surface area contributed by atoms with Gasteiger partial charge in [-0.2, -0.15) is 0 Å². The highest BCUT2D eigenvalue weighted by Gasteiger charge is 2.01. The number of hydrogen-bond donors (Lipinski definition) is 2. The topological polar surface area (TPSA) is 49.3 Å². The highest BCUT2D eigenvalue weighted by atomic mass is 35.5. The summed E-state index contributed by atoms with van der Waals surface area (Å²) in [5.41, 5.74) is 1.16. The van der Waals surface area contributed by atoms with Crippen LogP contribution in [0.1, 0.15) is 15.4 Å². The largest absolute Gasteiger partial charge is 0.352 e. The molecular weight excluding hydrogens is 292 g/mol. The molecule has 4 nitrogen and oxygen atoms in total. The molecule has 0 aliphatic heterocycles. The van der Waals surface area contributed by atoms with E-state index in [-0.39, 0.29) is 0 Å². The van der Waals surface area contributed by atoms with Crippen LogP contribution in [0.4, 0.5) is 0 Å². The molecule has 1 aromatic carbocycles. The average Bonchev–Trinajstić information content (AvgIpc) is 2.87. The molecule has 0 aliphatic carbocycles. The lowest BCUT2D eigenvalue weighted by Gasteiger charge is -2.10. The van der Waals surface area contributed by atoms with Gasteiger partial charge in [0.15, 0.2) is 5.96 Å². The van der Waals surface area contributed by atoms with Gasteiger partial charge in [-0.1, -0.05) is 23.7 Å². The number of benzene rings is 1. The quantitative estimate of drug-likeness (QED) is 0.674. The molecule has 0 saturated carbocycles. The number of hydrogen-bond acceptors (Lipinski definition) is 3. The first-order valence-corrected chi connectivity index (χ1v) is 7.47. The van der Waals surface area contributed by atoms with Crippen molar-refractivity contribution in [1.29, 1.82) is 0 Å². The van der Waals surface area contributed by atoms with Crippen molar-refractivity contribution in [3.05, 3.63) is 50.9 Å². The predicted molar refractivity (Wildman–Crippen MR) is 85.3 cm³/mol. The third-order valence-electron chi connectivity index (χ3n) is 2.67. The average molecular weight is 309 g/mol. The van der Waals surface area contributed by atoms with Crippen molar-refractivity contribution in [3.8, 4) is 0 Å². The number of aliphatic imine (C=N–C) groups is 1. The van der Waals surface area contributed by atoms with E-state index in [2.05, 4.69) is 27.5 Å². The van der Waals surface area contributed by atoms with Crippen molar-refractivity contribution in [1.82, 2.24) is 15.6 Å². The summed E-state index contributed by atoms with van der Waals surface area (Å²) in [4.78, 5) is 9.71. The fraction of sp³-hybridized carbons (Fsp3) is 0.286. The summed E-state index contributed by atoms with van der Waals surface area (Å²) < 4.78 is 0. The molecule has 1 aromatic heterocycles. The number of thiazole rings is 1. The van der Waals surface area contributed by atoms with Crippen molar-refractivity contribution in [2.24, 2.45) is 4.99 Å². The van der Waals surface area contributed by atoms with Gasteiger partial charge in [-0.3, -0.25) is 4.99 Å². The van der Waals surface area contributed by atoms with E-state index in [0.717, 1.165) is 21.6 Å². The van der Waals surface area contributed by atoms with Gasteiger partial charge in [0.05, 0.1) is 6.54 Å². The maximum absolute atomic E-state index is 5.86. The van der Waals surface area contributed by atoms with E-state index in [0.29, 0.717) is 13.1 Å². The molecule has 2 N–H and O–H groups in total. The van der Waals surface area contributed by atoms with E-state index in [4.69, 9.17) is 11.6 Å². The molecule has 0 atom stereocenters. The Morgan fingerprint density at radius 3 is 2.55 bits per heavy atom. The third-order valence-corrected chi connectivity index (χ3v) is 3.84. The van der Waals surface area contributed by atoms with E-state index in [9.17, 15) is 0 Å². The first kappa shape index (κ1) is 14.8. The Bertz CT molecular complexity index is 577. The summed E-state index contributed by atoms with van der Waals surface area (Å²) in [6.07, 6.45) is 1.88. The van der Waals surface area contributed by atoms with Crippen LogP contribution in [-0.2, 0) is 13.1 Å². The Hall–Kier alpha value is -1.59. The normalized spacial score (nSPS) is 11.4. The van der Waals surface area contributed by atoms with Crippen molar-refractivity contribution < 1.29 is 0 Å². The summed E-state index contributed by atoms with van der Waals surface area (Å²) in [7, 11) is 1.75. The molecular formula is C14H17ClN4S. The summed E-state index contributed by atoms with van der Waals surface area (Å²) >= 11 is 7.54. The predicted octanol–water partition coefficient (Wildman–Crippen LogP) is 2.97. The van der Waals surface area contributed by atoms with Gasteiger partial charge < -0.3 is 10.6 Å². The minimum Gasteiger partial charge on any atom is -0.352 e. The number of nitrogens with one attached hydrogen (secondary N) is 2. The molecule has 0 fully saturated rings. The minimum atomic E-state index is 0.679. The lowest BCUT2D eigenvalue weighted by Crippen LogP contribution is -2.36. The smallest absolute Gasteiger partial charge is 0.191 e. The zero-order valence-electron chi connectivity index (χ0n) is 11.5. The fourth-order valence-corrected chi connectivity index (χ4v) is 2.50. The van der Waals surface area contributed by atoms with Crippen LogP contribution >= 0.6 is 22.9 Å². The van der Waals surface area contributed by atoms with Crippen LogP contribution in [0.3, 0.4) is 0 Å². The summed E-state index contributed by atoms with van der Waals surface area (Å²) in [5, 5.41) is 8.29. The van der Waals surface area contributed by atoms with Crippen molar-refractivity contribution in [2.45, 2.75) is 20.0 Å². The maximum Gasteiger partial charge on any atom is 0.191 e. The molecule has 0 aliphatic rings. The molecule has 0 unspecified atom stereocenters. The van der Waals surface area contributed by atoms with Crippen LogP contribution in [0.15, 0.2) is 35.5 Å². The maximum atomic E-state index is 5.86. The zero-order valence-corrected chi connectivity index (χ0v) is 13.1. The van der Waals surface area contributed by atoms with Gasteiger partial charge >= 0.3 is 0 Å². The van der Waals surface area contributed by atoms with Gasteiger partial charge in [-0.15, -0.1) is 11.3 Å². The van der Waals surface area contributed by atoms with E-state index in [1.165, 1.54) is 4.88 Å². The van der Waals surface area contributed by atoms with Crippen LogP contribution in [0.2, 0.25) is 5.02 Å². The van der Waals surface area contributed by atoms with Gasteiger partial charge in [0, 0.05) is 29.7 Å². The number of rotatable bonds is 4. The second-order valence-electron chi connectivity index (χ2n) is 4.27. The highest BCUT2D eigenvalue weighted by molar-refractivity contribution is 7.11. The van der Waals surface area contributed by atoms with Crippen LogP contribution in [-0.4, -0.2) is 18.0 Å². The molecule has 0 saturated heterocycles. The van der Waals surface area contributed by atoms with Crippen LogP contribution < -0.4 is 10.6 Å². The summed E-state index contributed by atoms with van der Waals surface area (Å²) in [6.45, 7) is 3.43. The van der Waals surface area contributed by atoms with Gasteiger partial charge in [0.1, 0.15) is 5.01 Å². The van der Waals surface area contributed by atoms with Crippen molar-refractivity contribution in [3.63, 3.8) is 0 Å². The number of halogens is 1. The van der Waals surface area contributed by atoms with Gasteiger partial charge in [-0.05, 0) is 24.6 Å². The fourth-order valence-electron chi connectivity index (χ4n) is 1.65. The molecule has 1 heterocycles. The van der Waals surface area contributed by atoms with E-state index in [1.54, 1.807) is 18.4 Å². The summed E-state index contributed by atoms with van der Waals surface area (Å²) in [6, 6.07) is 7.75. The Morgan fingerprint density at radius 2 is 1.95 bits per heavy atom. The molecule has 2 rings (SSSR count). The molecule has 0 spiro atoms. The van der Waals surface area contributed by atoms with Crippen LogP contribution in [0, 0.1) is 6.92 Å². The number of aromatic nitrogens is 1. The lowest BCUT2D eigenvalue weighted by atomic mass is 10.2. The van der Waals surface area contributed by atoms with E-state index >= 15 is 0 Å². The van der Waals surface area contributed by atoms with Crippen LogP contribution in [0.25, 0.3) is 0 Å². The Balaban J connectivity index is 1.82. The number of aryl methyl sites for hydroxylation is 1. The first-order valence-electron chi connectivity index (χ1n) is 6.27. The second-order valence-corrected chi connectivity index (χ2v) is 6.03. The lowest BCUT2D eigenvalue weighted by molar-refractivity contribution is 0.805. The first-order chi connectivity index (χ1) is 9.67. The van der Waals surface area contributed by atoms with Gasteiger partial charge in [0.2, 0.25) is 0 Å². The minimum absolute atomic E-state index is 0.679. The van der Waals surface area contributed by atoms with Crippen LogP contribution in [0.5, 0.6) is 0 Å². The van der Waals surface area contributed by atoms with Crippen molar-refractivity contribution in [2.75, 3.05) is 7.05 Å².